The van der Waals surface area contributed by atoms with Gasteiger partial charge < -0.3 is 14.8 Å². The van der Waals surface area contributed by atoms with Crippen molar-refractivity contribution >= 4 is 29.7 Å². The fourth-order valence-electron chi connectivity index (χ4n) is 2.72. The summed E-state index contributed by atoms with van der Waals surface area (Å²) >= 11 is 0. The summed E-state index contributed by atoms with van der Waals surface area (Å²) in [4.78, 5) is 61.3. The van der Waals surface area contributed by atoms with Gasteiger partial charge >= 0.3 is 11.9 Å². The number of rotatable bonds is 8. The van der Waals surface area contributed by atoms with Crippen LogP contribution in [0.25, 0.3) is 0 Å². The molecule has 1 heterocycles. The van der Waals surface area contributed by atoms with E-state index in [0.717, 1.165) is 12.0 Å². The number of imide groups is 1. The molecule has 1 N–H and O–H groups in total. The fraction of sp³-hybridized carbons (Fsp3) is 0.316. The third-order valence-corrected chi connectivity index (χ3v) is 4.20. The number of amides is 3. The van der Waals surface area contributed by atoms with Crippen molar-refractivity contribution in [1.82, 2.24) is 10.2 Å². The average molecular weight is 388 g/mol. The molecule has 3 amide bonds. The first-order chi connectivity index (χ1) is 13.3. The summed E-state index contributed by atoms with van der Waals surface area (Å²) in [6, 6.07) is 2.99. The van der Waals surface area contributed by atoms with Crippen molar-refractivity contribution in [2.45, 2.75) is 18.9 Å². The van der Waals surface area contributed by atoms with Crippen molar-refractivity contribution in [2.75, 3.05) is 20.8 Å². The number of benzene rings is 1. The standard InChI is InChI=1S/C19H20N2O7/c1-4-9-21-17(24)12-6-5-11(10-13(12)18(21)25)16(23)20-14(19(26)28-3)7-8-15(22)27-2/h4-6,10,14H,1,7-9H2,2-3H3,(H,20,23)/t14-/m0/s1. The van der Waals surface area contributed by atoms with Crippen LogP contribution in [-0.4, -0.2) is 61.4 Å². The second-order valence-electron chi connectivity index (χ2n) is 5.93. The Hall–Kier alpha value is -3.49. The lowest BCUT2D eigenvalue weighted by Crippen LogP contribution is -2.42. The molecule has 0 bridgehead atoms. The second-order valence-corrected chi connectivity index (χ2v) is 5.93. The molecule has 0 spiro atoms. The number of fused-ring (bicyclic) bond motifs is 1. The van der Waals surface area contributed by atoms with Gasteiger partial charge in [0, 0.05) is 18.5 Å². The average Bonchev–Trinajstić information content (AvgIpc) is 2.94. The monoisotopic (exact) mass is 388 g/mol. The summed E-state index contributed by atoms with van der Waals surface area (Å²) in [5.74, 6) is -2.89. The predicted molar refractivity (Wildman–Crippen MR) is 96.5 cm³/mol. The van der Waals surface area contributed by atoms with Gasteiger partial charge in [0.25, 0.3) is 17.7 Å². The Bertz CT molecular complexity index is 847. The largest absolute Gasteiger partial charge is 0.469 e. The summed E-state index contributed by atoms with van der Waals surface area (Å²) in [5.41, 5.74) is 0.384. The molecule has 0 aliphatic carbocycles. The van der Waals surface area contributed by atoms with Crippen LogP contribution in [0.3, 0.4) is 0 Å². The molecule has 0 fully saturated rings. The van der Waals surface area contributed by atoms with Gasteiger partial charge in [-0.15, -0.1) is 6.58 Å². The van der Waals surface area contributed by atoms with Crippen LogP contribution in [-0.2, 0) is 19.1 Å². The molecule has 1 aromatic rings. The summed E-state index contributed by atoms with van der Waals surface area (Å²) in [6.07, 6.45) is 1.32. The van der Waals surface area contributed by atoms with E-state index in [4.69, 9.17) is 0 Å². The fourth-order valence-corrected chi connectivity index (χ4v) is 2.72. The zero-order valence-electron chi connectivity index (χ0n) is 15.5. The van der Waals surface area contributed by atoms with Crippen LogP contribution in [0.15, 0.2) is 30.9 Å². The Balaban J connectivity index is 2.19. The number of ether oxygens (including phenoxy) is 2. The first-order valence-electron chi connectivity index (χ1n) is 8.40. The first-order valence-corrected chi connectivity index (χ1v) is 8.40. The topological polar surface area (TPSA) is 119 Å². The Kier molecular flexibility index (Phi) is 6.64. The lowest BCUT2D eigenvalue weighted by molar-refractivity contribution is -0.144. The molecule has 9 nitrogen and oxygen atoms in total. The van der Waals surface area contributed by atoms with Gasteiger partial charge in [-0.25, -0.2) is 4.79 Å². The summed E-state index contributed by atoms with van der Waals surface area (Å²) in [7, 11) is 2.38. The molecule has 1 aliphatic heterocycles. The van der Waals surface area contributed by atoms with Crippen LogP contribution in [0.2, 0.25) is 0 Å². The van der Waals surface area contributed by atoms with Gasteiger partial charge in [-0.3, -0.25) is 24.1 Å². The minimum absolute atomic E-state index is 0.0133. The highest BCUT2D eigenvalue weighted by molar-refractivity contribution is 6.22. The number of hydrogen-bond acceptors (Lipinski definition) is 7. The van der Waals surface area contributed by atoms with Gasteiger partial charge in [0.1, 0.15) is 6.04 Å². The van der Waals surface area contributed by atoms with E-state index in [1.54, 1.807) is 0 Å². The van der Waals surface area contributed by atoms with E-state index in [1.807, 2.05) is 0 Å². The molecule has 0 unspecified atom stereocenters. The number of carbonyl (C=O) groups excluding carboxylic acids is 5. The van der Waals surface area contributed by atoms with E-state index < -0.39 is 35.7 Å². The van der Waals surface area contributed by atoms with Gasteiger partial charge in [0.05, 0.1) is 25.3 Å². The number of carbonyl (C=O) groups is 5. The third-order valence-electron chi connectivity index (χ3n) is 4.20. The van der Waals surface area contributed by atoms with E-state index in [0.29, 0.717) is 0 Å². The van der Waals surface area contributed by atoms with Crippen LogP contribution in [0, 0.1) is 0 Å². The molecule has 2 rings (SSSR count). The quantitative estimate of drug-likeness (QED) is 0.395. The molecule has 148 valence electrons. The zero-order chi connectivity index (χ0) is 20.8. The first kappa shape index (κ1) is 20.8. The van der Waals surface area contributed by atoms with Gasteiger partial charge in [0.15, 0.2) is 0 Å². The summed E-state index contributed by atoms with van der Waals surface area (Å²) in [6.45, 7) is 3.57. The maximum atomic E-state index is 12.5. The Morgan fingerprint density at radius 1 is 1.14 bits per heavy atom. The highest BCUT2D eigenvalue weighted by Gasteiger charge is 2.35. The van der Waals surface area contributed by atoms with Crippen LogP contribution >= 0.6 is 0 Å². The van der Waals surface area contributed by atoms with Gasteiger partial charge in [-0.05, 0) is 24.6 Å². The molecular weight excluding hydrogens is 368 g/mol. The van der Waals surface area contributed by atoms with Crippen molar-refractivity contribution in [3.8, 4) is 0 Å². The Morgan fingerprint density at radius 2 is 1.82 bits per heavy atom. The van der Waals surface area contributed by atoms with Gasteiger partial charge in [-0.1, -0.05) is 6.08 Å². The van der Waals surface area contributed by atoms with Crippen molar-refractivity contribution in [3.63, 3.8) is 0 Å². The molecule has 1 atom stereocenters. The van der Waals surface area contributed by atoms with Crippen LogP contribution in [0.4, 0.5) is 0 Å². The summed E-state index contributed by atoms with van der Waals surface area (Å²) < 4.78 is 9.16. The van der Waals surface area contributed by atoms with E-state index in [1.165, 1.54) is 31.4 Å². The second kappa shape index (κ2) is 8.94. The third kappa shape index (κ3) is 4.25. The van der Waals surface area contributed by atoms with Crippen molar-refractivity contribution in [1.29, 1.82) is 0 Å². The van der Waals surface area contributed by atoms with Crippen molar-refractivity contribution < 1.29 is 33.4 Å². The zero-order valence-corrected chi connectivity index (χ0v) is 15.5. The Morgan fingerprint density at radius 3 is 2.43 bits per heavy atom. The number of nitrogens with zero attached hydrogens (tertiary/aromatic N) is 1. The molecule has 0 saturated heterocycles. The molecule has 9 heteroatoms. The number of methoxy groups -OCH3 is 2. The molecule has 1 aromatic carbocycles. The minimum Gasteiger partial charge on any atom is -0.469 e. The minimum atomic E-state index is -1.07. The number of hydrogen-bond donors (Lipinski definition) is 1. The molecule has 0 saturated carbocycles. The van der Waals surface area contributed by atoms with Crippen LogP contribution in [0.5, 0.6) is 0 Å². The summed E-state index contributed by atoms with van der Waals surface area (Å²) in [5, 5.41) is 2.47. The highest BCUT2D eigenvalue weighted by Crippen LogP contribution is 2.24. The Labute approximate surface area is 161 Å². The number of esters is 2. The van der Waals surface area contributed by atoms with Crippen molar-refractivity contribution in [3.05, 3.63) is 47.5 Å². The van der Waals surface area contributed by atoms with E-state index in [-0.39, 0.29) is 36.1 Å². The van der Waals surface area contributed by atoms with Crippen LogP contribution in [0.1, 0.15) is 43.9 Å². The van der Waals surface area contributed by atoms with E-state index in [2.05, 4.69) is 21.4 Å². The lowest BCUT2D eigenvalue weighted by Gasteiger charge is -2.16. The van der Waals surface area contributed by atoms with Gasteiger partial charge in [0.2, 0.25) is 0 Å². The van der Waals surface area contributed by atoms with Crippen molar-refractivity contribution in [2.24, 2.45) is 0 Å². The predicted octanol–water partition coefficient (Wildman–Crippen LogP) is 0.693. The molecule has 28 heavy (non-hydrogen) atoms. The van der Waals surface area contributed by atoms with E-state index >= 15 is 0 Å². The van der Waals surface area contributed by atoms with E-state index in [9.17, 15) is 24.0 Å². The van der Waals surface area contributed by atoms with Gasteiger partial charge in [-0.2, -0.15) is 0 Å². The SMILES string of the molecule is C=CCN1C(=O)c2ccc(C(=O)N[C@@H](CCC(=O)OC)C(=O)OC)cc2C1=O. The smallest absolute Gasteiger partial charge is 0.328 e. The highest BCUT2D eigenvalue weighted by atomic mass is 16.5. The lowest BCUT2D eigenvalue weighted by atomic mass is 10.0. The maximum absolute atomic E-state index is 12.5. The normalized spacial score (nSPS) is 13.6. The molecule has 1 aliphatic rings. The maximum Gasteiger partial charge on any atom is 0.328 e. The molecule has 0 radical (unpaired) electrons. The molecular formula is C19H20N2O7. The number of nitrogens with one attached hydrogen (secondary N) is 1. The van der Waals surface area contributed by atoms with Crippen LogP contribution < -0.4 is 5.32 Å². The molecule has 0 aromatic heterocycles.